The summed E-state index contributed by atoms with van der Waals surface area (Å²) in [6.45, 7) is 1.51. The highest BCUT2D eigenvalue weighted by Gasteiger charge is 2.32. The lowest BCUT2D eigenvalue weighted by Crippen LogP contribution is -2.41. The minimum absolute atomic E-state index is 0. The first-order valence-electron chi connectivity index (χ1n) is 7.23. The molecule has 0 radical (unpaired) electrons. The van der Waals surface area contributed by atoms with Crippen LogP contribution < -0.4 is 16.2 Å². The van der Waals surface area contributed by atoms with Crippen molar-refractivity contribution >= 4 is 30.0 Å². The second-order valence-corrected chi connectivity index (χ2v) is 5.15. The topological polar surface area (TPSA) is 89.2 Å². The summed E-state index contributed by atoms with van der Waals surface area (Å²) < 4.78 is 53.5. The van der Waals surface area contributed by atoms with Crippen LogP contribution in [0.2, 0.25) is 0 Å². The number of rotatable bonds is 2. The number of halogens is 5. The zero-order valence-electron chi connectivity index (χ0n) is 13.1. The van der Waals surface area contributed by atoms with Crippen LogP contribution >= 0.6 is 12.4 Å². The monoisotopic (exact) mass is 383 g/mol. The Balaban J connectivity index is 0.00000312. The van der Waals surface area contributed by atoms with E-state index in [1.165, 1.54) is 0 Å². The summed E-state index contributed by atoms with van der Waals surface area (Å²) in [5.74, 6) is -2.22. The molecule has 140 valence electrons. The predicted octanol–water partition coefficient (Wildman–Crippen LogP) is 2.89. The molecular formula is C14H18ClF4N5O. The number of alkyl halides is 3. The van der Waals surface area contributed by atoms with E-state index >= 15 is 0 Å². The molecule has 4 N–H and O–H groups in total. The van der Waals surface area contributed by atoms with Gasteiger partial charge in [-0.05, 0) is 31.4 Å². The van der Waals surface area contributed by atoms with Gasteiger partial charge < -0.3 is 21.1 Å². The Morgan fingerprint density at radius 3 is 2.36 bits per heavy atom. The highest BCUT2D eigenvalue weighted by Crippen LogP contribution is 2.29. The number of aliphatic imine (C=N–C) groups is 2. The van der Waals surface area contributed by atoms with Crippen molar-refractivity contribution in [2.75, 3.05) is 13.1 Å². The molecule has 1 aliphatic rings. The second-order valence-electron chi connectivity index (χ2n) is 5.15. The van der Waals surface area contributed by atoms with Crippen molar-refractivity contribution in [1.82, 2.24) is 4.90 Å². The van der Waals surface area contributed by atoms with Gasteiger partial charge in [-0.3, -0.25) is 0 Å². The van der Waals surface area contributed by atoms with Crippen molar-refractivity contribution in [3.8, 4) is 5.75 Å². The van der Waals surface area contributed by atoms with Gasteiger partial charge >= 0.3 is 6.36 Å². The Morgan fingerprint density at radius 1 is 1.12 bits per heavy atom. The number of guanidine groups is 2. The number of likely N-dealkylation sites (tertiary alicyclic amines) is 1. The average molecular weight is 384 g/mol. The minimum atomic E-state index is -5.01. The van der Waals surface area contributed by atoms with Gasteiger partial charge in [-0.1, -0.05) is 0 Å². The van der Waals surface area contributed by atoms with Crippen molar-refractivity contribution in [1.29, 1.82) is 0 Å². The summed E-state index contributed by atoms with van der Waals surface area (Å²) in [6.07, 6.45) is -1.91. The zero-order chi connectivity index (χ0) is 17.7. The first kappa shape index (κ1) is 20.8. The fraction of sp³-hybridized carbons (Fsp3) is 0.429. The normalized spacial score (nSPS) is 16.4. The molecule has 0 atom stereocenters. The molecule has 11 heteroatoms. The number of ether oxygens (including phenoxy) is 1. The summed E-state index contributed by atoms with van der Waals surface area (Å²) in [5.41, 5.74) is 11.4. The molecule has 1 aromatic carbocycles. The number of nitrogens with zero attached hydrogens (tertiary/aromatic N) is 3. The summed E-state index contributed by atoms with van der Waals surface area (Å²) in [6, 6.07) is 2.73. The number of hydrogen-bond acceptors (Lipinski definition) is 2. The SMILES string of the molecule is Cl.NC(=Nc1ccc(F)c(OC(F)(F)F)c1)N=C(N)N1CCCCC1. The summed E-state index contributed by atoms with van der Waals surface area (Å²) in [5, 5.41) is 0. The van der Waals surface area contributed by atoms with E-state index < -0.39 is 17.9 Å². The maximum absolute atomic E-state index is 13.3. The number of piperidine rings is 1. The van der Waals surface area contributed by atoms with Gasteiger partial charge in [0.05, 0.1) is 5.69 Å². The van der Waals surface area contributed by atoms with E-state index in [2.05, 4.69) is 14.7 Å². The molecule has 0 amide bonds. The number of benzene rings is 1. The Hall–Kier alpha value is -2.23. The molecule has 1 aliphatic heterocycles. The first-order valence-corrected chi connectivity index (χ1v) is 7.23. The van der Waals surface area contributed by atoms with E-state index in [0.717, 1.165) is 50.6 Å². The lowest BCUT2D eigenvalue weighted by atomic mass is 10.1. The van der Waals surface area contributed by atoms with Gasteiger partial charge in [0.25, 0.3) is 0 Å². The highest BCUT2D eigenvalue weighted by atomic mass is 35.5. The molecule has 0 aliphatic carbocycles. The molecule has 0 saturated carbocycles. The van der Waals surface area contributed by atoms with E-state index in [0.29, 0.717) is 0 Å². The zero-order valence-corrected chi connectivity index (χ0v) is 13.9. The van der Waals surface area contributed by atoms with Gasteiger partial charge in [-0.2, -0.15) is 4.99 Å². The van der Waals surface area contributed by atoms with Crippen molar-refractivity contribution in [2.24, 2.45) is 21.5 Å². The largest absolute Gasteiger partial charge is 0.573 e. The van der Waals surface area contributed by atoms with Gasteiger partial charge in [-0.15, -0.1) is 25.6 Å². The van der Waals surface area contributed by atoms with Crippen LogP contribution in [0.4, 0.5) is 23.2 Å². The van der Waals surface area contributed by atoms with Crippen LogP contribution in [0.25, 0.3) is 0 Å². The van der Waals surface area contributed by atoms with Crippen LogP contribution in [0.5, 0.6) is 5.75 Å². The van der Waals surface area contributed by atoms with Crippen molar-refractivity contribution < 1.29 is 22.3 Å². The van der Waals surface area contributed by atoms with Gasteiger partial charge in [0.2, 0.25) is 5.96 Å². The molecule has 1 saturated heterocycles. The van der Waals surface area contributed by atoms with Crippen LogP contribution in [0, 0.1) is 5.82 Å². The van der Waals surface area contributed by atoms with E-state index in [1.54, 1.807) is 0 Å². The fourth-order valence-electron chi connectivity index (χ4n) is 2.23. The Labute approximate surface area is 148 Å². The van der Waals surface area contributed by atoms with Crippen LogP contribution in [-0.2, 0) is 0 Å². The maximum Gasteiger partial charge on any atom is 0.573 e. The summed E-state index contributed by atoms with van der Waals surface area (Å²) >= 11 is 0. The molecule has 2 rings (SSSR count). The van der Waals surface area contributed by atoms with E-state index in [-0.39, 0.29) is 30.0 Å². The summed E-state index contributed by atoms with van der Waals surface area (Å²) in [7, 11) is 0. The van der Waals surface area contributed by atoms with Gasteiger partial charge in [0.15, 0.2) is 17.5 Å². The Bertz CT molecular complexity index is 645. The van der Waals surface area contributed by atoms with E-state index in [4.69, 9.17) is 11.5 Å². The molecule has 25 heavy (non-hydrogen) atoms. The standard InChI is InChI=1S/C14H17F4N5O.ClH/c15-10-5-4-9(8-11(10)24-14(16,17)18)21-12(19)22-13(20)23-6-2-1-3-7-23;/h4-5,8H,1-3,6-7H2,(H4,19,20,21,22);1H. The lowest BCUT2D eigenvalue weighted by Gasteiger charge is -2.27. The Kier molecular flexibility index (Phi) is 7.28. The van der Waals surface area contributed by atoms with Gasteiger partial charge in [-0.25, -0.2) is 9.38 Å². The van der Waals surface area contributed by atoms with Crippen LogP contribution in [-0.4, -0.2) is 36.3 Å². The Morgan fingerprint density at radius 2 is 1.76 bits per heavy atom. The van der Waals surface area contributed by atoms with E-state index in [1.807, 2.05) is 4.90 Å². The fourth-order valence-corrected chi connectivity index (χ4v) is 2.23. The highest BCUT2D eigenvalue weighted by molar-refractivity contribution is 5.94. The molecule has 6 nitrogen and oxygen atoms in total. The quantitative estimate of drug-likeness (QED) is 0.467. The van der Waals surface area contributed by atoms with Crippen LogP contribution in [0.3, 0.4) is 0 Å². The van der Waals surface area contributed by atoms with Gasteiger partial charge in [0.1, 0.15) is 0 Å². The lowest BCUT2D eigenvalue weighted by molar-refractivity contribution is -0.275. The minimum Gasteiger partial charge on any atom is -0.403 e. The summed E-state index contributed by atoms with van der Waals surface area (Å²) in [4.78, 5) is 9.57. The average Bonchev–Trinajstić information content (AvgIpc) is 2.50. The second kappa shape index (κ2) is 8.75. The van der Waals surface area contributed by atoms with Gasteiger partial charge in [0, 0.05) is 19.2 Å². The molecule has 0 spiro atoms. The number of hydrogen-bond donors (Lipinski definition) is 2. The molecule has 0 bridgehead atoms. The van der Waals surface area contributed by atoms with Crippen LogP contribution in [0.1, 0.15) is 19.3 Å². The van der Waals surface area contributed by atoms with Crippen molar-refractivity contribution in [2.45, 2.75) is 25.6 Å². The molecule has 1 fully saturated rings. The van der Waals surface area contributed by atoms with Crippen molar-refractivity contribution in [3.63, 3.8) is 0 Å². The molecular weight excluding hydrogens is 366 g/mol. The third kappa shape index (κ3) is 6.65. The van der Waals surface area contributed by atoms with Crippen molar-refractivity contribution in [3.05, 3.63) is 24.0 Å². The van der Waals surface area contributed by atoms with E-state index in [9.17, 15) is 17.6 Å². The molecule has 1 heterocycles. The molecule has 0 unspecified atom stereocenters. The number of nitrogens with two attached hydrogens (primary N) is 2. The molecule has 0 aromatic heterocycles. The predicted molar refractivity (Wildman–Crippen MR) is 88.7 cm³/mol. The molecule has 1 aromatic rings. The third-order valence-electron chi connectivity index (χ3n) is 3.29. The van der Waals surface area contributed by atoms with Crippen LogP contribution in [0.15, 0.2) is 28.2 Å². The first-order chi connectivity index (χ1) is 11.2. The maximum atomic E-state index is 13.3. The third-order valence-corrected chi connectivity index (χ3v) is 3.29. The smallest absolute Gasteiger partial charge is 0.403 e.